The first-order valence-electron chi connectivity index (χ1n) is 5.87. The van der Waals surface area contributed by atoms with Gasteiger partial charge in [-0.3, -0.25) is 4.79 Å². The van der Waals surface area contributed by atoms with Crippen LogP contribution in [0.5, 0.6) is 0 Å². The van der Waals surface area contributed by atoms with E-state index in [0.29, 0.717) is 5.56 Å². The fourth-order valence-corrected chi connectivity index (χ4v) is 3.04. The standard InChI is InChI=1S/C15H14O3S/c1-12-6-5-7-13(10-12)15(16)11-19(17,18)14-8-3-2-4-9-14/h2-10H,11H2,1H3. The molecule has 0 aliphatic heterocycles. The maximum Gasteiger partial charge on any atom is 0.185 e. The van der Waals surface area contributed by atoms with Crippen LogP contribution < -0.4 is 0 Å². The van der Waals surface area contributed by atoms with Gasteiger partial charge in [0, 0.05) is 5.56 Å². The van der Waals surface area contributed by atoms with E-state index in [4.69, 9.17) is 0 Å². The Hall–Kier alpha value is -1.94. The fraction of sp³-hybridized carbons (Fsp3) is 0.133. The van der Waals surface area contributed by atoms with Crippen molar-refractivity contribution in [3.05, 3.63) is 65.7 Å². The molecule has 3 nitrogen and oxygen atoms in total. The lowest BCUT2D eigenvalue weighted by atomic mass is 10.1. The van der Waals surface area contributed by atoms with Crippen LogP contribution in [0.15, 0.2) is 59.5 Å². The highest BCUT2D eigenvalue weighted by Gasteiger charge is 2.19. The smallest absolute Gasteiger partial charge is 0.185 e. The van der Waals surface area contributed by atoms with Crippen LogP contribution in [-0.2, 0) is 9.84 Å². The summed E-state index contributed by atoms with van der Waals surface area (Å²) in [6.07, 6.45) is 0. The van der Waals surface area contributed by atoms with E-state index in [1.807, 2.05) is 13.0 Å². The van der Waals surface area contributed by atoms with Crippen LogP contribution in [0.1, 0.15) is 15.9 Å². The summed E-state index contributed by atoms with van der Waals surface area (Å²) in [4.78, 5) is 12.2. The molecule has 0 unspecified atom stereocenters. The highest BCUT2D eigenvalue weighted by atomic mass is 32.2. The third-order valence-electron chi connectivity index (χ3n) is 2.76. The first-order valence-corrected chi connectivity index (χ1v) is 7.52. The number of carbonyl (C=O) groups is 1. The number of hydrogen-bond donors (Lipinski definition) is 0. The predicted octanol–water partition coefficient (Wildman–Crippen LogP) is 2.65. The minimum atomic E-state index is -3.57. The van der Waals surface area contributed by atoms with E-state index in [1.165, 1.54) is 12.1 Å². The number of sulfone groups is 1. The molecule has 0 bridgehead atoms. The average Bonchev–Trinajstić information content (AvgIpc) is 2.39. The molecule has 0 aliphatic rings. The summed E-state index contributed by atoms with van der Waals surface area (Å²) in [5, 5.41) is 0. The first-order chi connectivity index (χ1) is 8.99. The van der Waals surface area contributed by atoms with E-state index in [-0.39, 0.29) is 10.7 Å². The maximum absolute atomic E-state index is 12.1. The van der Waals surface area contributed by atoms with E-state index < -0.39 is 15.6 Å². The van der Waals surface area contributed by atoms with Crippen LogP contribution in [0.4, 0.5) is 0 Å². The van der Waals surface area contributed by atoms with Gasteiger partial charge in [0.2, 0.25) is 0 Å². The molecule has 0 aromatic heterocycles. The fourth-order valence-electron chi connectivity index (χ4n) is 1.79. The predicted molar refractivity (Wildman–Crippen MR) is 74.0 cm³/mol. The maximum atomic E-state index is 12.1. The Labute approximate surface area is 112 Å². The lowest BCUT2D eigenvalue weighted by molar-refractivity contribution is 0.102. The van der Waals surface area contributed by atoms with E-state index in [9.17, 15) is 13.2 Å². The van der Waals surface area contributed by atoms with Gasteiger partial charge in [-0.1, -0.05) is 42.0 Å². The monoisotopic (exact) mass is 274 g/mol. The summed E-state index contributed by atoms with van der Waals surface area (Å²) in [5.41, 5.74) is 1.36. The molecule has 2 aromatic carbocycles. The second kappa shape index (κ2) is 5.36. The Morgan fingerprint density at radius 2 is 1.68 bits per heavy atom. The van der Waals surface area contributed by atoms with E-state index in [0.717, 1.165) is 5.56 Å². The van der Waals surface area contributed by atoms with Crippen LogP contribution in [0.2, 0.25) is 0 Å². The van der Waals surface area contributed by atoms with Gasteiger partial charge in [-0.25, -0.2) is 8.42 Å². The van der Waals surface area contributed by atoms with Crippen LogP contribution in [-0.4, -0.2) is 20.0 Å². The number of rotatable bonds is 4. The average molecular weight is 274 g/mol. The van der Waals surface area contributed by atoms with Crippen molar-refractivity contribution in [1.29, 1.82) is 0 Å². The van der Waals surface area contributed by atoms with Gasteiger partial charge in [0.15, 0.2) is 15.6 Å². The van der Waals surface area contributed by atoms with E-state index in [2.05, 4.69) is 0 Å². The highest BCUT2D eigenvalue weighted by molar-refractivity contribution is 7.92. The van der Waals surface area contributed by atoms with Crippen molar-refractivity contribution in [2.45, 2.75) is 11.8 Å². The Morgan fingerprint density at radius 1 is 1.00 bits per heavy atom. The molecule has 0 fully saturated rings. The van der Waals surface area contributed by atoms with Gasteiger partial charge in [-0.05, 0) is 25.1 Å². The summed E-state index contributed by atoms with van der Waals surface area (Å²) in [6.45, 7) is 1.86. The Balaban J connectivity index is 2.24. The molecule has 0 saturated heterocycles. The van der Waals surface area contributed by atoms with Gasteiger partial charge in [-0.15, -0.1) is 0 Å². The van der Waals surface area contributed by atoms with Crippen molar-refractivity contribution in [1.82, 2.24) is 0 Å². The summed E-state index contributed by atoms with van der Waals surface area (Å²) in [5.74, 6) is -0.881. The molecule has 19 heavy (non-hydrogen) atoms. The summed E-state index contributed by atoms with van der Waals surface area (Å²) >= 11 is 0. The van der Waals surface area contributed by atoms with Crippen molar-refractivity contribution in [3.8, 4) is 0 Å². The SMILES string of the molecule is Cc1cccc(C(=O)CS(=O)(=O)c2ccccc2)c1. The van der Waals surface area contributed by atoms with Crippen LogP contribution in [0.25, 0.3) is 0 Å². The van der Waals surface area contributed by atoms with Crippen LogP contribution in [0, 0.1) is 6.92 Å². The lowest BCUT2D eigenvalue weighted by Gasteiger charge is -2.04. The first kappa shape index (κ1) is 13.5. The molecule has 2 rings (SSSR count). The zero-order valence-electron chi connectivity index (χ0n) is 10.5. The van der Waals surface area contributed by atoms with Gasteiger partial charge in [0.25, 0.3) is 0 Å². The van der Waals surface area contributed by atoms with Gasteiger partial charge in [0.05, 0.1) is 4.90 Å². The molecule has 0 aliphatic carbocycles. The third kappa shape index (κ3) is 3.29. The summed E-state index contributed by atoms with van der Waals surface area (Å²) in [6, 6.07) is 15.0. The zero-order chi connectivity index (χ0) is 13.9. The topological polar surface area (TPSA) is 51.2 Å². The minimum Gasteiger partial charge on any atom is -0.293 e. The molecule has 4 heteroatoms. The highest BCUT2D eigenvalue weighted by Crippen LogP contribution is 2.13. The zero-order valence-corrected chi connectivity index (χ0v) is 11.4. The van der Waals surface area contributed by atoms with Crippen LogP contribution >= 0.6 is 0 Å². The summed E-state index contributed by atoms with van der Waals surface area (Å²) in [7, 11) is -3.57. The molecule has 0 spiro atoms. The molecule has 0 amide bonds. The van der Waals surface area contributed by atoms with Crippen molar-refractivity contribution >= 4 is 15.6 Å². The Bertz CT molecular complexity index is 688. The largest absolute Gasteiger partial charge is 0.293 e. The van der Waals surface area contributed by atoms with Gasteiger partial charge in [0.1, 0.15) is 5.75 Å². The Kier molecular flexibility index (Phi) is 3.81. The lowest BCUT2D eigenvalue weighted by Crippen LogP contribution is -2.16. The van der Waals surface area contributed by atoms with Crippen molar-refractivity contribution < 1.29 is 13.2 Å². The third-order valence-corrected chi connectivity index (χ3v) is 4.40. The van der Waals surface area contributed by atoms with Gasteiger partial charge < -0.3 is 0 Å². The molecule has 0 heterocycles. The molecule has 0 saturated carbocycles. The number of ketones is 1. The number of hydrogen-bond acceptors (Lipinski definition) is 3. The number of carbonyl (C=O) groups excluding carboxylic acids is 1. The van der Waals surface area contributed by atoms with E-state index >= 15 is 0 Å². The second-order valence-corrected chi connectivity index (χ2v) is 6.35. The summed E-state index contributed by atoms with van der Waals surface area (Å²) < 4.78 is 24.2. The molecule has 0 radical (unpaired) electrons. The van der Waals surface area contributed by atoms with Crippen molar-refractivity contribution in [3.63, 3.8) is 0 Å². The number of benzene rings is 2. The molecule has 0 N–H and O–H groups in total. The number of aryl methyl sites for hydroxylation is 1. The molecular formula is C15H14O3S. The van der Waals surface area contributed by atoms with Crippen molar-refractivity contribution in [2.24, 2.45) is 0 Å². The molecule has 0 atom stereocenters. The minimum absolute atomic E-state index is 0.177. The van der Waals surface area contributed by atoms with Gasteiger partial charge >= 0.3 is 0 Å². The quantitative estimate of drug-likeness (QED) is 0.805. The second-order valence-electron chi connectivity index (χ2n) is 4.36. The van der Waals surface area contributed by atoms with E-state index in [1.54, 1.807) is 36.4 Å². The molecule has 98 valence electrons. The van der Waals surface area contributed by atoms with Crippen LogP contribution in [0.3, 0.4) is 0 Å². The van der Waals surface area contributed by atoms with Crippen molar-refractivity contribution in [2.75, 3.05) is 5.75 Å². The molecular weight excluding hydrogens is 260 g/mol. The number of Topliss-reactive ketones (excluding diaryl/α,β-unsaturated/α-hetero) is 1. The molecule has 2 aromatic rings. The normalized spacial score (nSPS) is 11.2. The Morgan fingerprint density at radius 3 is 2.32 bits per heavy atom. The van der Waals surface area contributed by atoms with Gasteiger partial charge in [-0.2, -0.15) is 0 Å².